The molecule has 0 spiro atoms. The van der Waals surface area contributed by atoms with Gasteiger partial charge in [-0.25, -0.2) is 8.78 Å². The summed E-state index contributed by atoms with van der Waals surface area (Å²) in [6.07, 6.45) is -12.0. The Bertz CT molecular complexity index is 720. The van der Waals surface area contributed by atoms with E-state index in [1.807, 2.05) is 0 Å². The van der Waals surface area contributed by atoms with Crippen molar-refractivity contribution >= 4 is 39.2 Å². The Morgan fingerprint density at radius 2 is 0.636 bits per heavy atom. The summed E-state index contributed by atoms with van der Waals surface area (Å²) in [4.78, 5) is 0. The number of halogens is 22. The van der Waals surface area contributed by atoms with Crippen LogP contribution in [0, 0.1) is 0 Å². The largest absolute Gasteiger partial charge is 0.460 e. The fraction of sp³-hybridized carbons (Fsp3) is 1.00. The van der Waals surface area contributed by atoms with Crippen molar-refractivity contribution in [1.29, 1.82) is 0 Å². The molecule has 200 valence electrons. The van der Waals surface area contributed by atoms with Gasteiger partial charge in [-0.3, -0.25) is 0 Å². The van der Waals surface area contributed by atoms with E-state index in [0.29, 0.717) is 0 Å². The monoisotopic (exact) mass is 616 g/mol. The lowest BCUT2D eigenvalue weighted by molar-refractivity contribution is -0.462. The molecule has 0 unspecified atom stereocenters. The molecule has 33 heavy (non-hydrogen) atoms. The van der Waals surface area contributed by atoms with Crippen LogP contribution in [-0.4, -0.2) is 59.2 Å². The van der Waals surface area contributed by atoms with E-state index in [1.165, 1.54) is 0 Å². The maximum absolute atomic E-state index is 13.4. The second-order valence-corrected chi connectivity index (χ2v) is 14.6. The molecule has 0 bridgehead atoms. The van der Waals surface area contributed by atoms with Crippen LogP contribution in [0.2, 0.25) is 0 Å². The maximum atomic E-state index is 13.4. The highest BCUT2D eigenvalue weighted by atomic mass is 35.8. The van der Waals surface area contributed by atoms with Gasteiger partial charge in [-0.1, -0.05) is 0 Å². The van der Waals surface area contributed by atoms with E-state index in [2.05, 4.69) is 33.2 Å². The Morgan fingerprint density at radius 1 is 0.394 bits per heavy atom. The summed E-state index contributed by atoms with van der Waals surface area (Å²) in [6.45, 7) is 0. The lowest BCUT2D eigenvalue weighted by Crippen LogP contribution is -2.74. The fourth-order valence-electron chi connectivity index (χ4n) is 1.69. The van der Waals surface area contributed by atoms with Gasteiger partial charge in [0.05, 0.1) is 6.42 Å². The van der Waals surface area contributed by atoms with Crippen molar-refractivity contribution < 1.29 is 83.4 Å². The molecular weight excluding hydrogens is 616 g/mol. The van der Waals surface area contributed by atoms with Crippen molar-refractivity contribution in [3.05, 3.63) is 0 Å². The standard InChI is InChI=1S/C10H2Cl3F19Si/c11-33(12,13)3(16,17)1-2(14,15)4(18,19)5(20,21)6(22,23)7(24,25)8(26,27)9(28,29)10(30,31)32/h1H2. The summed E-state index contributed by atoms with van der Waals surface area (Å²) in [5, 5.41) is 0. The molecule has 0 saturated carbocycles. The minimum atomic E-state index is -8.86. The van der Waals surface area contributed by atoms with Gasteiger partial charge in [0.2, 0.25) is 0 Å². The molecule has 0 amide bonds. The van der Waals surface area contributed by atoms with Crippen LogP contribution in [0.15, 0.2) is 0 Å². The third-order valence-corrected chi connectivity index (χ3v) is 7.14. The zero-order valence-corrected chi connectivity index (χ0v) is 17.3. The van der Waals surface area contributed by atoms with Crippen LogP contribution in [0.1, 0.15) is 6.42 Å². The van der Waals surface area contributed by atoms with Gasteiger partial charge >= 0.3 is 53.6 Å². The summed E-state index contributed by atoms with van der Waals surface area (Å²) >= 11 is 13.5. The molecule has 0 radical (unpaired) electrons. The van der Waals surface area contributed by atoms with E-state index in [1.54, 1.807) is 0 Å². The molecule has 0 N–H and O–H groups in total. The molecule has 0 heterocycles. The molecule has 0 aromatic carbocycles. The van der Waals surface area contributed by atoms with E-state index >= 15 is 0 Å². The van der Waals surface area contributed by atoms with Crippen molar-refractivity contribution in [2.75, 3.05) is 0 Å². The van der Waals surface area contributed by atoms with Crippen molar-refractivity contribution in [3.8, 4) is 0 Å². The van der Waals surface area contributed by atoms with Gasteiger partial charge < -0.3 is 0 Å². The molecule has 0 aliphatic rings. The summed E-state index contributed by atoms with van der Waals surface area (Å²) < 4.78 is 247. The molecule has 0 saturated heterocycles. The summed E-state index contributed by atoms with van der Waals surface area (Å²) in [6, 6.07) is -5.95. The van der Waals surface area contributed by atoms with E-state index in [-0.39, 0.29) is 0 Å². The minimum Gasteiger partial charge on any atom is -0.207 e. The average Bonchev–Trinajstić information content (AvgIpc) is 2.50. The van der Waals surface area contributed by atoms with Gasteiger partial charge in [-0.05, 0) is 0 Å². The van der Waals surface area contributed by atoms with Gasteiger partial charge in [0.1, 0.15) is 0 Å². The normalized spacial score (nSPS) is 16.9. The number of alkyl halides is 19. The van der Waals surface area contributed by atoms with Crippen LogP contribution < -0.4 is 0 Å². The van der Waals surface area contributed by atoms with Crippen LogP contribution in [0.3, 0.4) is 0 Å². The van der Waals surface area contributed by atoms with Crippen molar-refractivity contribution in [3.63, 3.8) is 0 Å². The maximum Gasteiger partial charge on any atom is 0.460 e. The number of hydrogen-bond acceptors (Lipinski definition) is 0. The second kappa shape index (κ2) is 8.14. The molecule has 0 fully saturated rings. The smallest absolute Gasteiger partial charge is 0.207 e. The Hall–Kier alpha value is -0.243. The van der Waals surface area contributed by atoms with Crippen LogP contribution in [0.5, 0.6) is 0 Å². The SMILES string of the molecule is FC(F)(F)C(F)(F)C(F)(F)C(F)(F)C(F)(F)C(F)(F)C(F)(F)C(F)(F)CC(F)(F)[Si](Cl)(Cl)Cl. The van der Waals surface area contributed by atoms with E-state index < -0.39 is 65.6 Å². The minimum absolute atomic E-state index is 4.11. The summed E-state index contributed by atoms with van der Waals surface area (Å²) in [7, 11) is 0. The first kappa shape index (κ1) is 32.8. The summed E-state index contributed by atoms with van der Waals surface area (Å²) in [5.74, 6) is -59.0. The lowest BCUT2D eigenvalue weighted by atomic mass is 9.88. The molecular formula is C10H2Cl3F19Si. The Balaban J connectivity index is 6.77. The molecule has 0 aromatic rings. The van der Waals surface area contributed by atoms with E-state index in [0.717, 1.165) is 0 Å². The Kier molecular flexibility index (Phi) is 8.08. The number of rotatable bonds is 9. The first-order valence-electron chi connectivity index (χ1n) is 6.86. The van der Waals surface area contributed by atoms with E-state index in [9.17, 15) is 83.4 Å². The van der Waals surface area contributed by atoms with Crippen molar-refractivity contribution in [2.45, 2.75) is 59.6 Å². The first-order chi connectivity index (χ1) is 13.7. The van der Waals surface area contributed by atoms with Gasteiger partial charge in [-0.15, -0.1) is 33.2 Å². The highest BCUT2D eigenvalue weighted by Crippen LogP contribution is 2.64. The van der Waals surface area contributed by atoms with Gasteiger partial charge in [0.25, 0.3) is 5.55 Å². The molecule has 0 aromatic heterocycles. The topological polar surface area (TPSA) is 0 Å². The molecule has 23 heteroatoms. The van der Waals surface area contributed by atoms with Gasteiger partial charge in [0.15, 0.2) is 0 Å². The number of hydrogen-bond donors (Lipinski definition) is 0. The lowest BCUT2D eigenvalue weighted by Gasteiger charge is -2.43. The van der Waals surface area contributed by atoms with Crippen LogP contribution >= 0.6 is 33.2 Å². The third-order valence-electron chi connectivity index (χ3n) is 3.65. The van der Waals surface area contributed by atoms with Crippen molar-refractivity contribution in [1.82, 2.24) is 0 Å². The zero-order chi connectivity index (χ0) is 27.7. The van der Waals surface area contributed by atoms with Crippen LogP contribution in [-0.2, 0) is 0 Å². The van der Waals surface area contributed by atoms with E-state index in [4.69, 9.17) is 0 Å². The van der Waals surface area contributed by atoms with Crippen molar-refractivity contribution in [2.24, 2.45) is 0 Å². The van der Waals surface area contributed by atoms with Crippen LogP contribution in [0.4, 0.5) is 83.4 Å². The predicted octanol–water partition coefficient (Wildman–Crippen LogP) is 8.22. The van der Waals surface area contributed by atoms with Gasteiger partial charge in [0, 0.05) is 0 Å². The molecule has 0 nitrogen and oxygen atoms in total. The molecule has 0 aliphatic carbocycles. The third kappa shape index (κ3) is 4.65. The molecule has 0 rings (SSSR count). The molecule has 0 aliphatic heterocycles. The Labute approximate surface area is 183 Å². The predicted molar refractivity (Wildman–Crippen MR) is 73.6 cm³/mol. The molecule has 0 atom stereocenters. The summed E-state index contributed by atoms with van der Waals surface area (Å²) in [5.41, 5.74) is -5.72. The van der Waals surface area contributed by atoms with Gasteiger partial charge in [-0.2, -0.15) is 74.6 Å². The zero-order valence-electron chi connectivity index (χ0n) is 14.0. The van der Waals surface area contributed by atoms with Crippen LogP contribution in [0.25, 0.3) is 0 Å². The first-order valence-corrected chi connectivity index (χ1v) is 11.9. The quantitative estimate of drug-likeness (QED) is 0.139. The highest BCUT2D eigenvalue weighted by molar-refractivity contribution is 7.65. The average molecular weight is 618 g/mol. The Morgan fingerprint density at radius 3 is 0.879 bits per heavy atom. The highest BCUT2D eigenvalue weighted by Gasteiger charge is 2.95. The second-order valence-electron chi connectivity index (χ2n) is 6.03. The fourth-order valence-corrected chi connectivity index (χ4v) is 2.71.